The van der Waals surface area contributed by atoms with Crippen molar-refractivity contribution in [1.29, 1.82) is 0 Å². The van der Waals surface area contributed by atoms with Crippen molar-refractivity contribution in [3.05, 3.63) is 64.3 Å². The minimum Gasteiger partial charge on any atom is -0.360 e. The zero-order valence-electron chi connectivity index (χ0n) is 15.9. The summed E-state index contributed by atoms with van der Waals surface area (Å²) in [7, 11) is 0. The van der Waals surface area contributed by atoms with Crippen LogP contribution in [0.4, 0.5) is 10.2 Å². The van der Waals surface area contributed by atoms with E-state index in [1.54, 1.807) is 19.2 Å². The molecule has 0 aliphatic carbocycles. The number of anilines is 1. The molecule has 1 N–H and O–H groups in total. The SMILES string of the molecule is Cc1onc(-c2c(F)cccc2Cl)c1C(=O)NCc1ccnc(N2CCCC2)c1. The first-order valence-corrected chi connectivity index (χ1v) is 9.81. The third-order valence-corrected chi connectivity index (χ3v) is 5.30. The quantitative estimate of drug-likeness (QED) is 0.671. The zero-order chi connectivity index (χ0) is 20.4. The van der Waals surface area contributed by atoms with Gasteiger partial charge in [0, 0.05) is 25.8 Å². The Labute approximate surface area is 172 Å². The predicted molar refractivity (Wildman–Crippen MR) is 108 cm³/mol. The van der Waals surface area contributed by atoms with Crippen LogP contribution in [0.1, 0.15) is 34.5 Å². The maximum absolute atomic E-state index is 14.3. The van der Waals surface area contributed by atoms with Crippen LogP contribution in [0.15, 0.2) is 41.1 Å². The molecule has 1 aliphatic rings. The molecule has 3 aromatic rings. The van der Waals surface area contributed by atoms with Crippen LogP contribution in [0.3, 0.4) is 0 Å². The Bertz CT molecular complexity index is 1030. The average Bonchev–Trinajstić information content (AvgIpc) is 3.37. The number of halogens is 2. The summed E-state index contributed by atoms with van der Waals surface area (Å²) in [5, 5.41) is 6.90. The van der Waals surface area contributed by atoms with Crippen LogP contribution in [0.2, 0.25) is 5.02 Å². The lowest BCUT2D eigenvalue weighted by Crippen LogP contribution is -2.24. The van der Waals surface area contributed by atoms with Crippen molar-refractivity contribution in [3.8, 4) is 11.3 Å². The number of rotatable bonds is 5. The summed E-state index contributed by atoms with van der Waals surface area (Å²) >= 11 is 6.14. The number of aromatic nitrogens is 2. The van der Waals surface area contributed by atoms with E-state index in [0.717, 1.165) is 37.3 Å². The normalized spacial score (nSPS) is 13.7. The second-order valence-corrected chi connectivity index (χ2v) is 7.37. The van der Waals surface area contributed by atoms with Gasteiger partial charge in [-0.15, -0.1) is 0 Å². The van der Waals surface area contributed by atoms with Gasteiger partial charge in [0.25, 0.3) is 5.91 Å². The number of benzene rings is 1. The van der Waals surface area contributed by atoms with E-state index in [2.05, 4.69) is 20.4 Å². The molecule has 1 fully saturated rings. The number of nitrogens with one attached hydrogen (secondary N) is 1. The minimum atomic E-state index is -0.566. The number of amides is 1. The predicted octanol–water partition coefficient (Wildman–Crippen LogP) is 4.37. The van der Waals surface area contributed by atoms with Crippen LogP contribution < -0.4 is 10.2 Å². The number of hydrogen-bond donors (Lipinski definition) is 1. The van der Waals surface area contributed by atoms with Crippen LogP contribution in [0.25, 0.3) is 11.3 Å². The maximum atomic E-state index is 14.3. The molecule has 0 unspecified atom stereocenters. The van der Waals surface area contributed by atoms with Crippen molar-refractivity contribution < 1.29 is 13.7 Å². The molecule has 1 saturated heterocycles. The summed E-state index contributed by atoms with van der Waals surface area (Å²) in [4.78, 5) is 19.5. The molecule has 0 spiro atoms. The van der Waals surface area contributed by atoms with Gasteiger partial charge in [-0.2, -0.15) is 0 Å². The van der Waals surface area contributed by atoms with E-state index in [0.29, 0.717) is 12.3 Å². The maximum Gasteiger partial charge on any atom is 0.257 e. The van der Waals surface area contributed by atoms with Crippen molar-refractivity contribution in [2.75, 3.05) is 18.0 Å². The summed E-state index contributed by atoms with van der Waals surface area (Å²) in [6.07, 6.45) is 4.07. The Morgan fingerprint density at radius 3 is 2.86 bits per heavy atom. The van der Waals surface area contributed by atoms with E-state index in [-0.39, 0.29) is 21.8 Å². The monoisotopic (exact) mass is 414 g/mol. The molecule has 150 valence electrons. The number of pyridine rings is 1. The molecular weight excluding hydrogens is 395 g/mol. The Balaban J connectivity index is 1.54. The summed E-state index contributed by atoms with van der Waals surface area (Å²) < 4.78 is 19.5. The molecule has 0 saturated carbocycles. The highest BCUT2D eigenvalue weighted by atomic mass is 35.5. The first-order chi connectivity index (χ1) is 14.0. The molecule has 0 bridgehead atoms. The third kappa shape index (κ3) is 3.96. The first kappa shape index (κ1) is 19.4. The van der Waals surface area contributed by atoms with Crippen LogP contribution in [0, 0.1) is 12.7 Å². The minimum absolute atomic E-state index is 0.0522. The van der Waals surface area contributed by atoms with E-state index in [4.69, 9.17) is 16.1 Å². The topological polar surface area (TPSA) is 71.3 Å². The summed E-state index contributed by atoms with van der Waals surface area (Å²) in [6.45, 7) is 3.90. The molecule has 2 aromatic heterocycles. The summed E-state index contributed by atoms with van der Waals surface area (Å²) in [5.74, 6) is 0.236. The van der Waals surface area contributed by atoms with Gasteiger partial charge in [-0.3, -0.25) is 4.79 Å². The fourth-order valence-electron chi connectivity index (χ4n) is 3.49. The lowest BCUT2D eigenvalue weighted by Gasteiger charge is -2.17. The van der Waals surface area contributed by atoms with Crippen molar-refractivity contribution in [1.82, 2.24) is 15.5 Å². The molecule has 1 aromatic carbocycles. The number of carbonyl (C=O) groups excluding carboxylic acids is 1. The number of hydrogen-bond acceptors (Lipinski definition) is 5. The third-order valence-electron chi connectivity index (χ3n) is 4.98. The van der Waals surface area contributed by atoms with Crippen molar-refractivity contribution >= 4 is 23.3 Å². The van der Waals surface area contributed by atoms with Crippen molar-refractivity contribution in [3.63, 3.8) is 0 Å². The van der Waals surface area contributed by atoms with Crippen molar-refractivity contribution in [2.45, 2.75) is 26.3 Å². The number of nitrogens with zero attached hydrogens (tertiary/aromatic N) is 3. The second kappa shape index (κ2) is 8.21. The Kier molecular flexibility index (Phi) is 5.49. The van der Waals surface area contributed by atoms with Gasteiger partial charge in [-0.25, -0.2) is 9.37 Å². The van der Waals surface area contributed by atoms with Gasteiger partial charge in [-0.1, -0.05) is 22.8 Å². The standard InChI is InChI=1S/C21H20ClFN4O2/c1-13-18(20(26-29-13)19-15(22)5-4-6-16(19)23)21(28)25-12-14-7-8-24-17(11-14)27-9-2-3-10-27/h4-8,11H,2-3,9-10,12H2,1H3,(H,25,28). The Morgan fingerprint density at radius 2 is 2.10 bits per heavy atom. The van der Waals surface area contributed by atoms with Crippen LogP contribution in [-0.2, 0) is 6.54 Å². The van der Waals surface area contributed by atoms with Crippen molar-refractivity contribution in [2.24, 2.45) is 0 Å². The van der Waals surface area contributed by atoms with E-state index in [9.17, 15) is 9.18 Å². The molecule has 29 heavy (non-hydrogen) atoms. The van der Waals surface area contributed by atoms with Gasteiger partial charge in [0.1, 0.15) is 28.7 Å². The average molecular weight is 415 g/mol. The highest BCUT2D eigenvalue weighted by Gasteiger charge is 2.25. The molecule has 4 rings (SSSR count). The van der Waals surface area contributed by atoms with Gasteiger partial charge >= 0.3 is 0 Å². The molecule has 1 amide bonds. The van der Waals surface area contributed by atoms with E-state index < -0.39 is 11.7 Å². The fourth-order valence-corrected chi connectivity index (χ4v) is 3.75. The molecule has 0 radical (unpaired) electrons. The van der Waals surface area contributed by atoms with Crippen LogP contribution in [-0.4, -0.2) is 29.1 Å². The van der Waals surface area contributed by atoms with Crippen LogP contribution in [0.5, 0.6) is 0 Å². The molecule has 3 heterocycles. The van der Waals surface area contributed by atoms with Gasteiger partial charge in [0.05, 0.1) is 10.6 Å². The highest BCUT2D eigenvalue weighted by molar-refractivity contribution is 6.33. The summed E-state index contributed by atoms with van der Waals surface area (Å²) in [6, 6.07) is 8.14. The summed E-state index contributed by atoms with van der Waals surface area (Å²) in [5.41, 5.74) is 1.24. The number of carbonyl (C=O) groups is 1. The first-order valence-electron chi connectivity index (χ1n) is 9.43. The van der Waals surface area contributed by atoms with E-state index >= 15 is 0 Å². The van der Waals surface area contributed by atoms with Gasteiger partial charge in [0.15, 0.2) is 0 Å². The molecular formula is C21H20ClFN4O2. The molecule has 1 aliphatic heterocycles. The fraction of sp³-hybridized carbons (Fsp3) is 0.286. The smallest absolute Gasteiger partial charge is 0.257 e. The largest absolute Gasteiger partial charge is 0.360 e. The lowest BCUT2D eigenvalue weighted by atomic mass is 10.0. The molecule has 0 atom stereocenters. The van der Waals surface area contributed by atoms with Gasteiger partial charge in [0.2, 0.25) is 0 Å². The van der Waals surface area contributed by atoms with Gasteiger partial charge in [-0.05, 0) is 49.6 Å². The Hall–Kier alpha value is -2.93. The van der Waals surface area contributed by atoms with E-state index in [1.165, 1.54) is 12.1 Å². The van der Waals surface area contributed by atoms with E-state index in [1.807, 2.05) is 12.1 Å². The lowest BCUT2D eigenvalue weighted by molar-refractivity contribution is 0.0950. The second-order valence-electron chi connectivity index (χ2n) is 6.96. The number of aryl methyl sites for hydroxylation is 1. The molecule has 6 nitrogen and oxygen atoms in total. The zero-order valence-corrected chi connectivity index (χ0v) is 16.7. The molecule has 8 heteroatoms. The van der Waals surface area contributed by atoms with Gasteiger partial charge < -0.3 is 14.7 Å². The van der Waals surface area contributed by atoms with Crippen LogP contribution >= 0.6 is 11.6 Å². The Morgan fingerprint density at radius 1 is 1.31 bits per heavy atom. The highest BCUT2D eigenvalue weighted by Crippen LogP contribution is 2.33.